The van der Waals surface area contributed by atoms with E-state index in [2.05, 4.69) is 5.32 Å². The van der Waals surface area contributed by atoms with Gasteiger partial charge in [0.2, 0.25) is 0 Å². The molecule has 0 fully saturated rings. The Morgan fingerprint density at radius 2 is 1.93 bits per heavy atom. The Morgan fingerprint density at radius 3 is 2.40 bits per heavy atom. The molecule has 1 aromatic carbocycles. The van der Waals surface area contributed by atoms with E-state index in [1.165, 1.54) is 12.1 Å². The van der Waals surface area contributed by atoms with E-state index >= 15 is 0 Å². The summed E-state index contributed by atoms with van der Waals surface area (Å²) in [6, 6.07) is 6.49. The van der Waals surface area contributed by atoms with Gasteiger partial charge in [-0.2, -0.15) is 0 Å². The monoisotopic (exact) mass is 232 g/mol. The van der Waals surface area contributed by atoms with Crippen molar-refractivity contribution in [2.75, 3.05) is 6.61 Å². The molecule has 15 heavy (non-hydrogen) atoms. The van der Waals surface area contributed by atoms with E-state index in [9.17, 15) is 4.39 Å². The first-order valence-corrected chi connectivity index (χ1v) is 4.85. The molecule has 2 nitrogen and oxygen atoms in total. The molecule has 4 heteroatoms. The molecule has 0 saturated heterocycles. The van der Waals surface area contributed by atoms with E-state index in [0.29, 0.717) is 6.54 Å². The zero-order valence-corrected chi connectivity index (χ0v) is 9.47. The van der Waals surface area contributed by atoms with Gasteiger partial charge in [-0.05, 0) is 24.1 Å². The van der Waals surface area contributed by atoms with Crippen LogP contribution in [0.5, 0.6) is 0 Å². The van der Waals surface area contributed by atoms with Crippen molar-refractivity contribution in [2.24, 2.45) is 0 Å². The Balaban J connectivity index is 0.00000196. The molecule has 1 aromatic rings. The highest BCUT2D eigenvalue weighted by Crippen LogP contribution is 2.02. The van der Waals surface area contributed by atoms with Crippen LogP contribution < -0.4 is 17.7 Å². The molecule has 86 valence electrons. The quantitative estimate of drug-likeness (QED) is 0.661. The summed E-state index contributed by atoms with van der Waals surface area (Å²) < 4.78 is 12.6. The van der Waals surface area contributed by atoms with Crippen LogP contribution in [0.15, 0.2) is 24.3 Å². The third kappa shape index (κ3) is 5.11. The maximum Gasteiger partial charge on any atom is 0.123 e. The van der Waals surface area contributed by atoms with Gasteiger partial charge in [-0.15, -0.1) is 0 Å². The molecule has 1 unspecified atom stereocenters. The highest BCUT2D eigenvalue weighted by Gasteiger charge is 2.02. The van der Waals surface area contributed by atoms with Gasteiger partial charge in [0, 0.05) is 12.6 Å². The molecule has 0 amide bonds. The fourth-order valence-corrected chi connectivity index (χ4v) is 1.20. The molecular formula is C11H16ClFNO-. The van der Waals surface area contributed by atoms with Crippen LogP contribution in [0.25, 0.3) is 0 Å². The summed E-state index contributed by atoms with van der Waals surface area (Å²) in [6.45, 7) is 2.82. The summed E-state index contributed by atoms with van der Waals surface area (Å²) in [7, 11) is 0. The second-order valence-electron chi connectivity index (χ2n) is 3.30. The average Bonchev–Trinajstić information content (AvgIpc) is 2.22. The summed E-state index contributed by atoms with van der Waals surface area (Å²) in [6.07, 6.45) is 0.887. The van der Waals surface area contributed by atoms with Crippen LogP contribution in [-0.4, -0.2) is 17.8 Å². The lowest BCUT2D eigenvalue weighted by Crippen LogP contribution is -3.00. The van der Waals surface area contributed by atoms with Crippen LogP contribution in [0.3, 0.4) is 0 Å². The lowest BCUT2D eigenvalue weighted by Gasteiger charge is -2.13. The minimum atomic E-state index is -0.219. The summed E-state index contributed by atoms with van der Waals surface area (Å²) in [5.74, 6) is -0.219. The Bertz CT molecular complexity index is 262. The Hall–Kier alpha value is -0.640. The molecular weight excluding hydrogens is 217 g/mol. The number of hydrogen-bond donors (Lipinski definition) is 2. The SMILES string of the molecule is CCC(CO)NCc1ccc(F)cc1.[Cl-]. The third-order valence-corrected chi connectivity index (χ3v) is 2.22. The highest BCUT2D eigenvalue weighted by atomic mass is 35.5. The predicted octanol–water partition coefficient (Wildman–Crippen LogP) is -1.31. The van der Waals surface area contributed by atoms with Gasteiger partial charge in [-0.1, -0.05) is 19.1 Å². The van der Waals surface area contributed by atoms with Gasteiger partial charge in [0.1, 0.15) is 5.82 Å². The van der Waals surface area contributed by atoms with Crippen molar-refractivity contribution in [1.82, 2.24) is 5.32 Å². The summed E-state index contributed by atoms with van der Waals surface area (Å²) in [5.41, 5.74) is 1.03. The lowest BCUT2D eigenvalue weighted by atomic mass is 10.2. The summed E-state index contributed by atoms with van der Waals surface area (Å²) >= 11 is 0. The summed E-state index contributed by atoms with van der Waals surface area (Å²) in [4.78, 5) is 0. The maximum atomic E-state index is 12.6. The van der Waals surface area contributed by atoms with E-state index in [1.54, 1.807) is 12.1 Å². The zero-order chi connectivity index (χ0) is 10.4. The lowest BCUT2D eigenvalue weighted by molar-refractivity contribution is -0.00000459. The van der Waals surface area contributed by atoms with E-state index in [-0.39, 0.29) is 30.9 Å². The first kappa shape index (κ1) is 14.4. The molecule has 0 radical (unpaired) electrons. The molecule has 1 rings (SSSR count). The van der Waals surface area contributed by atoms with E-state index in [4.69, 9.17) is 5.11 Å². The number of aliphatic hydroxyl groups is 1. The number of aliphatic hydroxyl groups excluding tert-OH is 1. The van der Waals surface area contributed by atoms with Crippen molar-refractivity contribution in [1.29, 1.82) is 0 Å². The third-order valence-electron chi connectivity index (χ3n) is 2.22. The van der Waals surface area contributed by atoms with Crippen molar-refractivity contribution in [2.45, 2.75) is 25.9 Å². The molecule has 0 aliphatic rings. The van der Waals surface area contributed by atoms with Crippen molar-refractivity contribution in [3.05, 3.63) is 35.6 Å². The standard InChI is InChI=1S/C11H16FNO.ClH/c1-2-11(8-14)13-7-9-3-5-10(12)6-4-9;/h3-6,11,13-14H,2,7-8H2,1H3;1H/p-1. The molecule has 0 heterocycles. The average molecular weight is 233 g/mol. The van der Waals surface area contributed by atoms with Gasteiger partial charge >= 0.3 is 0 Å². The topological polar surface area (TPSA) is 32.3 Å². The first-order chi connectivity index (χ1) is 6.76. The second-order valence-corrected chi connectivity index (χ2v) is 3.30. The number of benzene rings is 1. The Morgan fingerprint density at radius 1 is 1.33 bits per heavy atom. The van der Waals surface area contributed by atoms with Crippen molar-refractivity contribution >= 4 is 0 Å². The number of halogens is 2. The van der Waals surface area contributed by atoms with Crippen molar-refractivity contribution in [3.63, 3.8) is 0 Å². The number of rotatable bonds is 5. The maximum absolute atomic E-state index is 12.6. The zero-order valence-electron chi connectivity index (χ0n) is 8.71. The first-order valence-electron chi connectivity index (χ1n) is 4.85. The Kier molecular flexibility index (Phi) is 7.30. The van der Waals surface area contributed by atoms with Gasteiger partial charge in [-0.3, -0.25) is 0 Å². The van der Waals surface area contributed by atoms with Gasteiger partial charge in [-0.25, -0.2) is 4.39 Å². The van der Waals surface area contributed by atoms with E-state index in [0.717, 1.165) is 12.0 Å². The molecule has 0 aromatic heterocycles. The minimum absolute atomic E-state index is 0. The summed E-state index contributed by atoms with van der Waals surface area (Å²) in [5, 5.41) is 12.1. The van der Waals surface area contributed by atoms with Crippen LogP contribution in [0.1, 0.15) is 18.9 Å². The second kappa shape index (κ2) is 7.63. The van der Waals surface area contributed by atoms with Crippen LogP contribution in [0.4, 0.5) is 4.39 Å². The number of hydrogen-bond acceptors (Lipinski definition) is 2. The van der Waals surface area contributed by atoms with Gasteiger partial charge in [0.25, 0.3) is 0 Å². The molecule has 0 saturated carbocycles. The van der Waals surface area contributed by atoms with Crippen LogP contribution >= 0.6 is 0 Å². The van der Waals surface area contributed by atoms with Crippen LogP contribution in [-0.2, 0) is 6.54 Å². The minimum Gasteiger partial charge on any atom is -1.00 e. The van der Waals surface area contributed by atoms with E-state index < -0.39 is 0 Å². The van der Waals surface area contributed by atoms with Crippen LogP contribution in [0.2, 0.25) is 0 Å². The molecule has 1 atom stereocenters. The fourth-order valence-electron chi connectivity index (χ4n) is 1.20. The Labute approximate surface area is 95.9 Å². The number of nitrogens with one attached hydrogen (secondary N) is 1. The molecule has 0 bridgehead atoms. The van der Waals surface area contributed by atoms with Crippen molar-refractivity contribution in [3.8, 4) is 0 Å². The molecule has 2 N–H and O–H groups in total. The van der Waals surface area contributed by atoms with Crippen molar-refractivity contribution < 1.29 is 21.9 Å². The van der Waals surface area contributed by atoms with Gasteiger partial charge in [0.05, 0.1) is 6.61 Å². The molecule has 0 aliphatic heterocycles. The van der Waals surface area contributed by atoms with Gasteiger partial charge in [0.15, 0.2) is 0 Å². The fraction of sp³-hybridized carbons (Fsp3) is 0.455. The normalized spacial score (nSPS) is 11.9. The predicted molar refractivity (Wildman–Crippen MR) is 54.4 cm³/mol. The largest absolute Gasteiger partial charge is 1.00 e. The van der Waals surface area contributed by atoms with E-state index in [1.807, 2.05) is 6.92 Å². The highest BCUT2D eigenvalue weighted by molar-refractivity contribution is 5.15. The smallest absolute Gasteiger partial charge is 0.123 e. The van der Waals surface area contributed by atoms with Gasteiger partial charge < -0.3 is 22.8 Å². The molecule has 0 spiro atoms. The molecule has 0 aliphatic carbocycles. The van der Waals surface area contributed by atoms with Crippen LogP contribution in [0, 0.1) is 5.82 Å².